The number of furan rings is 1. The van der Waals surface area contributed by atoms with Crippen molar-refractivity contribution in [3.63, 3.8) is 0 Å². The van der Waals surface area contributed by atoms with Gasteiger partial charge in [0.05, 0.1) is 6.54 Å². The molecule has 0 radical (unpaired) electrons. The summed E-state index contributed by atoms with van der Waals surface area (Å²) in [6.45, 7) is 8.30. The average molecular weight is 329 g/mol. The van der Waals surface area contributed by atoms with Gasteiger partial charge in [0.25, 0.3) is 0 Å². The van der Waals surface area contributed by atoms with E-state index in [2.05, 4.69) is 15.6 Å². The minimum atomic E-state index is 0.287. The van der Waals surface area contributed by atoms with Crippen molar-refractivity contribution < 1.29 is 13.9 Å². The summed E-state index contributed by atoms with van der Waals surface area (Å²) in [5, 5.41) is 6.59. The molecule has 0 atom stereocenters. The lowest BCUT2D eigenvalue weighted by Gasteiger charge is -2.11. The Hall–Kier alpha value is -2.63. The highest BCUT2D eigenvalue weighted by Gasteiger charge is 2.13. The van der Waals surface area contributed by atoms with Crippen LogP contribution in [0.15, 0.2) is 33.7 Å². The van der Waals surface area contributed by atoms with Gasteiger partial charge < -0.3 is 24.5 Å². The quantitative estimate of drug-likeness (QED) is 0.652. The molecular formula is C18H23N3O3. The van der Waals surface area contributed by atoms with Crippen LogP contribution in [0.4, 0.5) is 0 Å². The number of aliphatic imine (C=N–C) groups is 1. The summed E-state index contributed by atoms with van der Waals surface area (Å²) in [6, 6.07) is 7.94. The fraction of sp³-hybridized carbons (Fsp3) is 0.389. The van der Waals surface area contributed by atoms with Gasteiger partial charge in [-0.2, -0.15) is 0 Å². The second-order valence-electron chi connectivity index (χ2n) is 5.67. The van der Waals surface area contributed by atoms with Gasteiger partial charge in [-0.1, -0.05) is 6.07 Å². The second kappa shape index (κ2) is 7.29. The van der Waals surface area contributed by atoms with Gasteiger partial charge in [0, 0.05) is 18.7 Å². The lowest BCUT2D eigenvalue weighted by atomic mass is 10.2. The van der Waals surface area contributed by atoms with E-state index in [9.17, 15) is 0 Å². The van der Waals surface area contributed by atoms with E-state index in [1.54, 1.807) is 0 Å². The first-order valence-corrected chi connectivity index (χ1v) is 8.12. The number of benzene rings is 1. The van der Waals surface area contributed by atoms with Gasteiger partial charge >= 0.3 is 0 Å². The number of hydrogen-bond acceptors (Lipinski definition) is 4. The summed E-state index contributed by atoms with van der Waals surface area (Å²) in [7, 11) is 0. The van der Waals surface area contributed by atoms with E-state index < -0.39 is 0 Å². The zero-order valence-corrected chi connectivity index (χ0v) is 14.3. The Bertz CT molecular complexity index is 737. The topological polar surface area (TPSA) is 68.0 Å². The van der Waals surface area contributed by atoms with Gasteiger partial charge in [-0.15, -0.1) is 0 Å². The first kappa shape index (κ1) is 16.2. The molecule has 0 spiro atoms. The van der Waals surface area contributed by atoms with Crippen molar-refractivity contribution in [1.29, 1.82) is 0 Å². The Labute approximate surface area is 141 Å². The molecule has 2 aromatic rings. The number of hydrogen-bond donors (Lipinski definition) is 2. The lowest BCUT2D eigenvalue weighted by Crippen LogP contribution is -2.36. The Morgan fingerprint density at radius 2 is 1.96 bits per heavy atom. The number of guanidine groups is 1. The fourth-order valence-corrected chi connectivity index (χ4v) is 2.59. The summed E-state index contributed by atoms with van der Waals surface area (Å²) in [5.41, 5.74) is 2.22. The predicted octanol–water partition coefficient (Wildman–Crippen LogP) is 2.88. The number of aryl methyl sites for hydroxylation is 2. The molecule has 0 amide bonds. The molecule has 1 aliphatic heterocycles. The monoisotopic (exact) mass is 329 g/mol. The number of fused-ring (bicyclic) bond motifs is 1. The standard InChI is InChI=1S/C18H23N3O3/c1-4-19-18(21-10-15-7-12(2)24-13(15)3)20-9-14-5-6-16-17(8-14)23-11-22-16/h5-8H,4,9-11H2,1-3H3,(H2,19,20,21). The third kappa shape index (κ3) is 3.82. The maximum Gasteiger partial charge on any atom is 0.231 e. The molecule has 6 heteroatoms. The average Bonchev–Trinajstić information content (AvgIpc) is 3.15. The van der Waals surface area contributed by atoms with Crippen LogP contribution in [0.5, 0.6) is 11.5 Å². The van der Waals surface area contributed by atoms with E-state index in [1.165, 1.54) is 0 Å². The molecule has 0 saturated heterocycles. The Kier molecular flexibility index (Phi) is 4.93. The maximum absolute atomic E-state index is 5.55. The third-order valence-electron chi connectivity index (χ3n) is 3.79. The largest absolute Gasteiger partial charge is 0.466 e. The Morgan fingerprint density at radius 1 is 1.12 bits per heavy atom. The van der Waals surface area contributed by atoms with Gasteiger partial charge in [0.15, 0.2) is 17.5 Å². The first-order chi connectivity index (χ1) is 11.7. The van der Waals surface area contributed by atoms with Crippen molar-refractivity contribution in [2.75, 3.05) is 13.3 Å². The molecule has 3 rings (SSSR count). The third-order valence-corrected chi connectivity index (χ3v) is 3.79. The van der Waals surface area contributed by atoms with Crippen LogP contribution in [0, 0.1) is 13.8 Å². The number of ether oxygens (including phenoxy) is 2. The van der Waals surface area contributed by atoms with E-state index in [0.29, 0.717) is 13.1 Å². The van der Waals surface area contributed by atoms with E-state index >= 15 is 0 Å². The second-order valence-corrected chi connectivity index (χ2v) is 5.67. The molecule has 1 aromatic carbocycles. The minimum Gasteiger partial charge on any atom is -0.466 e. The molecule has 2 N–H and O–H groups in total. The highest BCUT2D eigenvalue weighted by Crippen LogP contribution is 2.32. The summed E-state index contributed by atoms with van der Waals surface area (Å²) in [4.78, 5) is 4.63. The predicted molar refractivity (Wildman–Crippen MR) is 92.4 cm³/mol. The van der Waals surface area contributed by atoms with Gasteiger partial charge in [-0.05, 0) is 44.5 Å². The van der Waals surface area contributed by atoms with Crippen LogP contribution < -0.4 is 20.1 Å². The molecule has 128 valence electrons. The van der Waals surface area contributed by atoms with E-state index in [1.807, 2.05) is 45.0 Å². The summed E-state index contributed by atoms with van der Waals surface area (Å²) in [6.07, 6.45) is 0. The number of rotatable bonds is 5. The van der Waals surface area contributed by atoms with Crippen LogP contribution in [-0.2, 0) is 13.1 Å². The highest BCUT2D eigenvalue weighted by atomic mass is 16.7. The molecule has 0 saturated carbocycles. The molecular weight excluding hydrogens is 306 g/mol. The van der Waals surface area contributed by atoms with Crippen LogP contribution in [0.25, 0.3) is 0 Å². The van der Waals surface area contributed by atoms with Crippen molar-refractivity contribution in [3.05, 3.63) is 46.9 Å². The van der Waals surface area contributed by atoms with Gasteiger partial charge in [-0.3, -0.25) is 0 Å². The maximum atomic E-state index is 5.55. The summed E-state index contributed by atoms with van der Waals surface area (Å²) in [5.74, 6) is 4.20. The number of nitrogens with zero attached hydrogens (tertiary/aromatic N) is 1. The van der Waals surface area contributed by atoms with Gasteiger partial charge in [0.1, 0.15) is 11.5 Å². The lowest BCUT2D eigenvalue weighted by molar-refractivity contribution is 0.174. The zero-order chi connectivity index (χ0) is 16.9. The fourth-order valence-electron chi connectivity index (χ4n) is 2.59. The molecule has 1 aromatic heterocycles. The molecule has 0 unspecified atom stereocenters. The van der Waals surface area contributed by atoms with E-state index in [0.717, 1.165) is 46.7 Å². The van der Waals surface area contributed by atoms with Crippen LogP contribution in [0.3, 0.4) is 0 Å². The van der Waals surface area contributed by atoms with Crippen LogP contribution in [0.2, 0.25) is 0 Å². The molecule has 0 aliphatic carbocycles. The smallest absolute Gasteiger partial charge is 0.231 e. The summed E-state index contributed by atoms with van der Waals surface area (Å²) < 4.78 is 16.3. The Balaban J connectivity index is 1.64. The molecule has 0 fully saturated rings. The van der Waals surface area contributed by atoms with Crippen molar-refractivity contribution >= 4 is 5.96 Å². The zero-order valence-electron chi connectivity index (χ0n) is 14.3. The SMILES string of the molecule is CCNC(=NCc1ccc2c(c1)OCO2)NCc1cc(C)oc1C. The first-order valence-electron chi connectivity index (χ1n) is 8.12. The van der Waals surface area contributed by atoms with Crippen molar-refractivity contribution in [1.82, 2.24) is 10.6 Å². The molecule has 24 heavy (non-hydrogen) atoms. The van der Waals surface area contributed by atoms with Crippen molar-refractivity contribution in [2.24, 2.45) is 4.99 Å². The van der Waals surface area contributed by atoms with Crippen molar-refractivity contribution in [3.8, 4) is 11.5 Å². The number of nitrogens with one attached hydrogen (secondary N) is 2. The Morgan fingerprint density at radius 3 is 2.71 bits per heavy atom. The summed E-state index contributed by atoms with van der Waals surface area (Å²) >= 11 is 0. The molecule has 1 aliphatic rings. The van der Waals surface area contributed by atoms with Crippen LogP contribution >= 0.6 is 0 Å². The normalized spacial score (nSPS) is 13.2. The van der Waals surface area contributed by atoms with Crippen LogP contribution in [-0.4, -0.2) is 19.3 Å². The molecule has 0 bridgehead atoms. The minimum absolute atomic E-state index is 0.287. The highest BCUT2D eigenvalue weighted by molar-refractivity contribution is 5.79. The van der Waals surface area contributed by atoms with Gasteiger partial charge in [-0.25, -0.2) is 4.99 Å². The van der Waals surface area contributed by atoms with E-state index in [-0.39, 0.29) is 6.79 Å². The van der Waals surface area contributed by atoms with E-state index in [4.69, 9.17) is 13.9 Å². The molecule has 2 heterocycles. The van der Waals surface area contributed by atoms with Crippen molar-refractivity contribution in [2.45, 2.75) is 33.9 Å². The van der Waals surface area contributed by atoms with Crippen LogP contribution in [0.1, 0.15) is 29.6 Å². The molecule has 6 nitrogen and oxygen atoms in total. The van der Waals surface area contributed by atoms with Gasteiger partial charge in [0.2, 0.25) is 6.79 Å².